The quantitative estimate of drug-likeness (QED) is 0.825. The average molecular weight is 298 g/mol. The van der Waals surface area contributed by atoms with Gasteiger partial charge in [-0.1, -0.05) is 12.1 Å². The van der Waals surface area contributed by atoms with Crippen molar-refractivity contribution < 1.29 is 13.5 Å². The number of anilines is 1. The lowest BCUT2D eigenvalue weighted by molar-refractivity contribution is 0.0465. The van der Waals surface area contributed by atoms with Crippen LogP contribution in [-0.2, 0) is 15.8 Å². The number of hydrogen-bond acceptors (Lipinski definition) is 4. The van der Waals surface area contributed by atoms with Crippen molar-refractivity contribution in [1.29, 1.82) is 0 Å². The minimum Gasteiger partial charge on any atom is -0.399 e. The van der Waals surface area contributed by atoms with Crippen molar-refractivity contribution in [2.45, 2.75) is 37.5 Å². The standard InChI is InChI=1S/C14H22N2O3S/c1-14(17)7-2-9-16(10-8-14)20(18,19)11-12-3-5-13(15)6-4-12/h3-6,17H,2,7-11,15H2,1H3. The molecule has 1 atom stereocenters. The van der Waals surface area contributed by atoms with Crippen molar-refractivity contribution >= 4 is 15.7 Å². The first-order chi connectivity index (χ1) is 9.28. The number of hydrogen-bond donors (Lipinski definition) is 2. The number of rotatable bonds is 3. The van der Waals surface area contributed by atoms with E-state index in [2.05, 4.69) is 0 Å². The lowest BCUT2D eigenvalue weighted by atomic mass is 9.98. The van der Waals surface area contributed by atoms with Crippen molar-refractivity contribution in [3.05, 3.63) is 29.8 Å². The highest BCUT2D eigenvalue weighted by atomic mass is 32.2. The number of aliphatic hydroxyl groups is 1. The van der Waals surface area contributed by atoms with Gasteiger partial charge in [-0.2, -0.15) is 0 Å². The fourth-order valence-electron chi connectivity index (χ4n) is 2.43. The number of benzene rings is 1. The summed E-state index contributed by atoms with van der Waals surface area (Å²) in [6.45, 7) is 2.63. The van der Waals surface area contributed by atoms with Crippen LogP contribution in [0.5, 0.6) is 0 Å². The van der Waals surface area contributed by atoms with E-state index >= 15 is 0 Å². The van der Waals surface area contributed by atoms with E-state index in [1.165, 1.54) is 4.31 Å². The summed E-state index contributed by atoms with van der Waals surface area (Å²) in [4.78, 5) is 0. The summed E-state index contributed by atoms with van der Waals surface area (Å²) in [6, 6.07) is 6.89. The minimum atomic E-state index is -3.34. The fourth-order valence-corrected chi connectivity index (χ4v) is 4.01. The van der Waals surface area contributed by atoms with Crippen LogP contribution in [-0.4, -0.2) is 36.5 Å². The van der Waals surface area contributed by atoms with Gasteiger partial charge in [-0.05, 0) is 43.9 Å². The number of nitrogens with zero attached hydrogens (tertiary/aromatic N) is 1. The van der Waals surface area contributed by atoms with Gasteiger partial charge in [-0.3, -0.25) is 0 Å². The van der Waals surface area contributed by atoms with Crippen LogP contribution >= 0.6 is 0 Å². The minimum absolute atomic E-state index is 0.0184. The molecule has 0 aliphatic carbocycles. The van der Waals surface area contributed by atoms with E-state index < -0.39 is 15.6 Å². The van der Waals surface area contributed by atoms with Gasteiger partial charge in [0.05, 0.1) is 11.4 Å². The zero-order valence-corrected chi connectivity index (χ0v) is 12.6. The van der Waals surface area contributed by atoms with Crippen LogP contribution in [0.3, 0.4) is 0 Å². The van der Waals surface area contributed by atoms with Crippen LogP contribution in [0.4, 0.5) is 5.69 Å². The van der Waals surface area contributed by atoms with Crippen LogP contribution < -0.4 is 5.73 Å². The van der Waals surface area contributed by atoms with Gasteiger partial charge in [0.15, 0.2) is 0 Å². The summed E-state index contributed by atoms with van der Waals surface area (Å²) in [5.41, 5.74) is 6.19. The summed E-state index contributed by atoms with van der Waals surface area (Å²) in [5.74, 6) is -0.0184. The Hall–Kier alpha value is -1.11. The molecule has 3 N–H and O–H groups in total. The molecule has 1 aliphatic heterocycles. The molecule has 1 aromatic rings. The van der Waals surface area contributed by atoms with Gasteiger partial charge in [0.1, 0.15) is 0 Å². The normalized spacial score (nSPS) is 25.3. The maximum absolute atomic E-state index is 12.4. The predicted octanol–water partition coefficient (Wildman–Crippen LogP) is 1.34. The molecule has 0 radical (unpaired) electrons. The van der Waals surface area contributed by atoms with Crippen LogP contribution in [0, 0.1) is 0 Å². The van der Waals surface area contributed by atoms with Gasteiger partial charge in [0.25, 0.3) is 0 Å². The first kappa shape index (κ1) is 15.3. The lowest BCUT2D eigenvalue weighted by Gasteiger charge is -2.22. The summed E-state index contributed by atoms with van der Waals surface area (Å²) in [7, 11) is -3.34. The average Bonchev–Trinajstić information content (AvgIpc) is 2.53. The van der Waals surface area contributed by atoms with Crippen molar-refractivity contribution in [1.82, 2.24) is 4.31 Å². The van der Waals surface area contributed by atoms with Crippen LogP contribution in [0.25, 0.3) is 0 Å². The van der Waals surface area contributed by atoms with Crippen LogP contribution in [0.2, 0.25) is 0 Å². The summed E-state index contributed by atoms with van der Waals surface area (Å²) in [5, 5.41) is 10.0. The van der Waals surface area contributed by atoms with E-state index in [4.69, 9.17) is 5.73 Å². The zero-order chi connectivity index (χ0) is 14.8. The van der Waals surface area contributed by atoms with E-state index in [-0.39, 0.29) is 5.75 Å². The van der Waals surface area contributed by atoms with Gasteiger partial charge >= 0.3 is 0 Å². The van der Waals surface area contributed by atoms with Gasteiger partial charge in [0.2, 0.25) is 10.0 Å². The molecule has 1 heterocycles. The van der Waals surface area contributed by atoms with Gasteiger partial charge < -0.3 is 10.8 Å². The molecule has 1 unspecified atom stereocenters. The first-order valence-electron chi connectivity index (χ1n) is 6.83. The monoisotopic (exact) mass is 298 g/mol. The van der Waals surface area contributed by atoms with Gasteiger partial charge in [-0.15, -0.1) is 0 Å². The molecular formula is C14H22N2O3S. The van der Waals surface area contributed by atoms with Crippen molar-refractivity contribution in [2.75, 3.05) is 18.8 Å². The van der Waals surface area contributed by atoms with Crippen molar-refractivity contribution in [3.8, 4) is 0 Å². The Morgan fingerprint density at radius 3 is 2.55 bits per heavy atom. The van der Waals surface area contributed by atoms with E-state index in [9.17, 15) is 13.5 Å². The van der Waals surface area contributed by atoms with Gasteiger partial charge in [-0.25, -0.2) is 12.7 Å². The number of sulfonamides is 1. The van der Waals surface area contributed by atoms with Gasteiger partial charge in [0, 0.05) is 18.8 Å². The molecule has 20 heavy (non-hydrogen) atoms. The van der Waals surface area contributed by atoms with Crippen LogP contribution in [0.1, 0.15) is 31.7 Å². The second-order valence-electron chi connectivity index (χ2n) is 5.75. The van der Waals surface area contributed by atoms with E-state index in [1.807, 2.05) is 0 Å². The highest BCUT2D eigenvalue weighted by Crippen LogP contribution is 2.24. The molecular weight excluding hydrogens is 276 g/mol. The Morgan fingerprint density at radius 2 is 1.90 bits per heavy atom. The van der Waals surface area contributed by atoms with E-state index in [0.717, 1.165) is 5.56 Å². The molecule has 2 rings (SSSR count). The Kier molecular flexibility index (Phi) is 4.36. The van der Waals surface area contributed by atoms with E-state index in [0.29, 0.717) is 38.0 Å². The molecule has 1 aromatic carbocycles. The maximum atomic E-state index is 12.4. The smallest absolute Gasteiger partial charge is 0.218 e. The number of nitrogens with two attached hydrogens (primary N) is 1. The molecule has 0 bridgehead atoms. The Labute approximate surface area is 120 Å². The predicted molar refractivity (Wildman–Crippen MR) is 79.5 cm³/mol. The first-order valence-corrected chi connectivity index (χ1v) is 8.44. The van der Waals surface area contributed by atoms with Crippen molar-refractivity contribution in [3.63, 3.8) is 0 Å². The molecule has 6 heteroatoms. The molecule has 0 saturated carbocycles. The Bertz CT molecular complexity index is 552. The second-order valence-corrected chi connectivity index (χ2v) is 7.72. The largest absolute Gasteiger partial charge is 0.399 e. The third kappa shape index (κ3) is 3.94. The topological polar surface area (TPSA) is 83.6 Å². The highest BCUT2D eigenvalue weighted by Gasteiger charge is 2.30. The van der Waals surface area contributed by atoms with Crippen LogP contribution in [0.15, 0.2) is 24.3 Å². The second kappa shape index (κ2) is 5.71. The number of nitrogen functional groups attached to an aromatic ring is 1. The molecule has 1 fully saturated rings. The molecule has 1 saturated heterocycles. The third-order valence-corrected chi connectivity index (χ3v) is 5.59. The highest BCUT2D eigenvalue weighted by molar-refractivity contribution is 7.88. The lowest BCUT2D eigenvalue weighted by Crippen LogP contribution is -2.34. The molecule has 0 amide bonds. The molecule has 5 nitrogen and oxygen atoms in total. The summed E-state index contributed by atoms with van der Waals surface area (Å²) in [6.07, 6.45) is 1.81. The molecule has 0 spiro atoms. The molecule has 1 aliphatic rings. The summed E-state index contributed by atoms with van der Waals surface area (Å²) < 4.78 is 26.3. The molecule has 112 valence electrons. The Balaban J connectivity index is 2.08. The Morgan fingerprint density at radius 1 is 1.25 bits per heavy atom. The maximum Gasteiger partial charge on any atom is 0.218 e. The SMILES string of the molecule is CC1(O)CCCN(S(=O)(=O)Cc2ccc(N)cc2)CC1. The van der Waals surface area contributed by atoms with Crippen molar-refractivity contribution in [2.24, 2.45) is 0 Å². The third-order valence-electron chi connectivity index (χ3n) is 3.74. The fraction of sp³-hybridized carbons (Fsp3) is 0.571. The summed E-state index contributed by atoms with van der Waals surface area (Å²) >= 11 is 0. The zero-order valence-electron chi connectivity index (χ0n) is 11.7. The van der Waals surface area contributed by atoms with E-state index in [1.54, 1.807) is 31.2 Å². The molecule has 0 aromatic heterocycles.